The zero-order valence-electron chi connectivity index (χ0n) is 21.3. The third-order valence-corrected chi connectivity index (χ3v) is 7.86. The molecule has 1 aromatic heterocycles. The third kappa shape index (κ3) is 3.60. The first-order valence-corrected chi connectivity index (χ1v) is 13.1. The Morgan fingerprint density at radius 3 is 1.79 bits per heavy atom. The lowest BCUT2D eigenvalue weighted by Crippen LogP contribution is -2.28. The number of benzene rings is 5. The van der Waals surface area contributed by atoms with Crippen molar-refractivity contribution >= 4 is 0 Å². The SMILES string of the molecule is N#Cc1ccnc(-c2ccc(-c3ccc4c(c3)C(c3ccccc3)(c3ccccc3)c3ccccc3-4)cc2)c1. The molecule has 0 saturated heterocycles. The molecule has 0 saturated carbocycles. The fraction of sp³-hybridized carbons (Fsp3) is 0.0270. The second-order valence-corrected chi connectivity index (χ2v) is 9.91. The van der Waals surface area contributed by atoms with Crippen LogP contribution < -0.4 is 0 Å². The molecule has 2 nitrogen and oxygen atoms in total. The Hall–Kier alpha value is -5.26. The highest BCUT2D eigenvalue weighted by molar-refractivity contribution is 5.88. The van der Waals surface area contributed by atoms with Gasteiger partial charge < -0.3 is 0 Å². The molecular formula is C37H24N2. The van der Waals surface area contributed by atoms with Crippen LogP contribution in [0.3, 0.4) is 0 Å². The number of fused-ring (bicyclic) bond motifs is 3. The van der Waals surface area contributed by atoms with Gasteiger partial charge in [-0.15, -0.1) is 0 Å². The molecule has 0 aliphatic heterocycles. The van der Waals surface area contributed by atoms with Gasteiger partial charge in [0.2, 0.25) is 0 Å². The van der Waals surface area contributed by atoms with Gasteiger partial charge in [-0.05, 0) is 62.7 Å². The number of hydrogen-bond acceptors (Lipinski definition) is 2. The third-order valence-electron chi connectivity index (χ3n) is 7.86. The summed E-state index contributed by atoms with van der Waals surface area (Å²) in [5.41, 5.74) is 12.0. The second kappa shape index (κ2) is 9.24. The molecule has 1 aliphatic carbocycles. The first-order valence-electron chi connectivity index (χ1n) is 13.1. The number of aromatic nitrogens is 1. The average molecular weight is 497 g/mol. The number of hydrogen-bond donors (Lipinski definition) is 0. The van der Waals surface area contributed by atoms with E-state index in [0.29, 0.717) is 5.56 Å². The van der Waals surface area contributed by atoms with E-state index in [4.69, 9.17) is 0 Å². The smallest absolute Gasteiger partial charge is 0.0992 e. The molecule has 5 aromatic carbocycles. The number of nitrogens with zero attached hydrogens (tertiary/aromatic N) is 2. The van der Waals surface area contributed by atoms with Crippen LogP contribution in [0.25, 0.3) is 33.5 Å². The summed E-state index contributed by atoms with van der Waals surface area (Å²) in [5.74, 6) is 0. The van der Waals surface area contributed by atoms with Crippen molar-refractivity contribution in [2.24, 2.45) is 0 Å². The maximum absolute atomic E-state index is 9.27. The Morgan fingerprint density at radius 2 is 1.10 bits per heavy atom. The zero-order chi connectivity index (χ0) is 26.2. The van der Waals surface area contributed by atoms with Crippen LogP contribution in [0.1, 0.15) is 27.8 Å². The Balaban J connectivity index is 1.42. The minimum absolute atomic E-state index is 0.411. The molecule has 0 unspecified atom stereocenters. The van der Waals surface area contributed by atoms with E-state index in [9.17, 15) is 5.26 Å². The Kier molecular flexibility index (Phi) is 5.43. The predicted octanol–water partition coefficient (Wildman–Crippen LogP) is 8.65. The van der Waals surface area contributed by atoms with Crippen molar-refractivity contribution in [3.8, 4) is 39.6 Å². The molecule has 0 bridgehead atoms. The van der Waals surface area contributed by atoms with Crippen molar-refractivity contribution in [3.05, 3.63) is 174 Å². The molecule has 182 valence electrons. The van der Waals surface area contributed by atoms with E-state index < -0.39 is 5.41 Å². The fourth-order valence-corrected chi connectivity index (χ4v) is 6.12. The van der Waals surface area contributed by atoms with E-state index in [1.54, 1.807) is 12.3 Å². The average Bonchev–Trinajstić information content (AvgIpc) is 3.32. The summed E-state index contributed by atoms with van der Waals surface area (Å²) in [4.78, 5) is 4.47. The highest BCUT2D eigenvalue weighted by Crippen LogP contribution is 2.56. The van der Waals surface area contributed by atoms with Gasteiger partial charge in [0.25, 0.3) is 0 Å². The van der Waals surface area contributed by atoms with Crippen LogP contribution in [0.4, 0.5) is 0 Å². The minimum atomic E-state index is -0.411. The van der Waals surface area contributed by atoms with Crippen molar-refractivity contribution in [3.63, 3.8) is 0 Å². The molecular weight excluding hydrogens is 472 g/mol. The monoisotopic (exact) mass is 496 g/mol. The molecule has 0 radical (unpaired) electrons. The molecule has 0 atom stereocenters. The van der Waals surface area contributed by atoms with E-state index in [1.807, 2.05) is 6.07 Å². The number of pyridine rings is 1. The van der Waals surface area contributed by atoms with Crippen LogP contribution in [0.15, 0.2) is 146 Å². The van der Waals surface area contributed by atoms with Crippen LogP contribution in [0.2, 0.25) is 0 Å². The first kappa shape index (κ1) is 22.9. The minimum Gasteiger partial charge on any atom is -0.256 e. The quantitative estimate of drug-likeness (QED) is 0.244. The van der Waals surface area contributed by atoms with Crippen molar-refractivity contribution in [1.29, 1.82) is 5.26 Å². The lowest BCUT2D eigenvalue weighted by atomic mass is 9.67. The van der Waals surface area contributed by atoms with E-state index in [2.05, 4.69) is 138 Å². The number of rotatable bonds is 4. The van der Waals surface area contributed by atoms with Crippen LogP contribution >= 0.6 is 0 Å². The Morgan fingerprint density at radius 1 is 0.513 bits per heavy atom. The fourth-order valence-electron chi connectivity index (χ4n) is 6.12. The maximum Gasteiger partial charge on any atom is 0.0992 e. The summed E-state index contributed by atoms with van der Waals surface area (Å²) in [5, 5.41) is 9.27. The molecule has 0 amide bonds. The highest BCUT2D eigenvalue weighted by Gasteiger charge is 2.45. The number of nitriles is 1. The Labute approximate surface area is 228 Å². The lowest BCUT2D eigenvalue weighted by Gasteiger charge is -2.34. The molecule has 0 fully saturated rings. The normalized spacial score (nSPS) is 12.8. The van der Waals surface area contributed by atoms with Crippen LogP contribution in [-0.2, 0) is 5.41 Å². The molecule has 2 heteroatoms. The van der Waals surface area contributed by atoms with Crippen molar-refractivity contribution in [2.75, 3.05) is 0 Å². The Bertz CT molecular complexity index is 1810. The highest BCUT2D eigenvalue weighted by atomic mass is 14.7. The summed E-state index contributed by atoms with van der Waals surface area (Å²) in [6, 6.07) is 51.7. The van der Waals surface area contributed by atoms with Crippen LogP contribution in [-0.4, -0.2) is 4.98 Å². The molecule has 0 N–H and O–H groups in total. The van der Waals surface area contributed by atoms with Gasteiger partial charge in [-0.3, -0.25) is 4.98 Å². The maximum atomic E-state index is 9.27. The van der Waals surface area contributed by atoms with Gasteiger partial charge in [0.05, 0.1) is 22.7 Å². The first-order chi connectivity index (χ1) is 19.3. The summed E-state index contributed by atoms with van der Waals surface area (Å²) in [7, 11) is 0. The van der Waals surface area contributed by atoms with E-state index in [1.165, 1.54) is 38.9 Å². The van der Waals surface area contributed by atoms with Gasteiger partial charge in [0, 0.05) is 11.8 Å². The molecule has 39 heavy (non-hydrogen) atoms. The van der Waals surface area contributed by atoms with Crippen molar-refractivity contribution in [2.45, 2.75) is 5.41 Å². The molecule has 7 rings (SSSR count). The predicted molar refractivity (Wildman–Crippen MR) is 157 cm³/mol. The van der Waals surface area contributed by atoms with Gasteiger partial charge in [0.15, 0.2) is 0 Å². The van der Waals surface area contributed by atoms with Gasteiger partial charge >= 0.3 is 0 Å². The van der Waals surface area contributed by atoms with Crippen LogP contribution in [0.5, 0.6) is 0 Å². The zero-order valence-corrected chi connectivity index (χ0v) is 21.3. The molecule has 0 spiro atoms. The summed E-state index contributed by atoms with van der Waals surface area (Å²) >= 11 is 0. The summed E-state index contributed by atoms with van der Waals surface area (Å²) in [6.45, 7) is 0. The topological polar surface area (TPSA) is 36.7 Å². The van der Waals surface area contributed by atoms with Gasteiger partial charge in [0.1, 0.15) is 0 Å². The van der Waals surface area contributed by atoms with Crippen LogP contribution in [0, 0.1) is 11.3 Å². The molecule has 1 heterocycles. The van der Waals surface area contributed by atoms with Gasteiger partial charge in [-0.2, -0.15) is 5.26 Å². The summed E-state index contributed by atoms with van der Waals surface area (Å²) < 4.78 is 0. The van der Waals surface area contributed by atoms with Gasteiger partial charge in [-0.1, -0.05) is 121 Å². The molecule has 6 aromatic rings. The summed E-state index contributed by atoms with van der Waals surface area (Å²) in [6.07, 6.45) is 1.69. The molecule has 1 aliphatic rings. The van der Waals surface area contributed by atoms with Gasteiger partial charge in [-0.25, -0.2) is 0 Å². The lowest BCUT2D eigenvalue weighted by molar-refractivity contribution is 0.769. The standard InChI is InChI=1S/C37H24N2/c38-25-26-21-22-39-36(23-26)28-17-15-27(16-18-28)29-19-20-33-32-13-7-8-14-34(32)37(35(33)24-29,30-9-3-1-4-10-30)31-11-5-2-6-12-31/h1-24H. The van der Waals surface area contributed by atoms with E-state index in [-0.39, 0.29) is 0 Å². The van der Waals surface area contributed by atoms with Crippen molar-refractivity contribution < 1.29 is 0 Å². The largest absolute Gasteiger partial charge is 0.256 e. The van der Waals surface area contributed by atoms with E-state index >= 15 is 0 Å². The van der Waals surface area contributed by atoms with Crippen molar-refractivity contribution in [1.82, 2.24) is 4.98 Å². The van der Waals surface area contributed by atoms with E-state index in [0.717, 1.165) is 16.8 Å². The second-order valence-electron chi connectivity index (χ2n) is 9.91.